The average molecular weight is 1590 g/mol. The molecule has 0 N–H and O–H groups in total. The second-order valence-electron chi connectivity index (χ2n) is 27.6. The van der Waals surface area contributed by atoms with Crippen molar-refractivity contribution in [3.63, 3.8) is 0 Å². The Morgan fingerprint density at radius 1 is 0.0804 bits per heavy atom. The second kappa shape index (κ2) is 32.7. The summed E-state index contributed by atoms with van der Waals surface area (Å²) in [6.07, 6.45) is 0. The number of benzene rings is 16. The van der Waals surface area contributed by atoms with Gasteiger partial charge in [-0.25, -0.2) is 0 Å². The summed E-state index contributed by atoms with van der Waals surface area (Å²) < 4.78 is 67.4. The van der Waals surface area contributed by atoms with Crippen molar-refractivity contribution in [1.82, 2.24) is 0 Å². The zero-order valence-corrected chi connectivity index (χ0v) is 69.5. The van der Waals surface area contributed by atoms with Crippen molar-refractivity contribution in [2.45, 2.75) is 0 Å². The van der Waals surface area contributed by atoms with Crippen molar-refractivity contribution in [3.05, 3.63) is 485 Å². The standard InChI is InChI=1S/2C48H40O4Si4/c2*1-9-25-41(26-10-1)53(42-27-11-2-12-28-42)49-54(43-29-13-3-14-30-43,44-31-15-4-16-32-44)51-56(47-37-21-7-22-38-47,48-39-23-8-24-40-48)52-55(50-53,45-33-17-5-18-34-45)46-35-19-6-20-36-46/h2*1-40H. The van der Waals surface area contributed by atoms with E-state index in [0.29, 0.717) is 0 Å². The predicted octanol–water partition coefficient (Wildman–Crippen LogP) is 10.2. The fraction of sp³-hybridized carbons (Fsp3) is 0. The first-order valence-electron chi connectivity index (χ1n) is 37.8. The van der Waals surface area contributed by atoms with Crippen LogP contribution in [0.5, 0.6) is 0 Å². The lowest BCUT2D eigenvalue weighted by molar-refractivity contribution is 0.266. The molecule has 18 rings (SSSR count). The summed E-state index contributed by atoms with van der Waals surface area (Å²) in [5.41, 5.74) is 0. The van der Waals surface area contributed by atoms with Gasteiger partial charge in [0.2, 0.25) is 0 Å². The van der Waals surface area contributed by atoms with Gasteiger partial charge in [-0.3, -0.25) is 0 Å². The van der Waals surface area contributed by atoms with Crippen LogP contribution in [0.25, 0.3) is 0 Å². The zero-order valence-electron chi connectivity index (χ0n) is 61.5. The quantitative estimate of drug-likeness (QED) is 0.0887. The van der Waals surface area contributed by atoms with E-state index in [1.807, 2.05) is 97.1 Å². The molecule has 2 heterocycles. The monoisotopic (exact) mass is 1580 g/mol. The molecule has 0 radical (unpaired) electrons. The third-order valence-electron chi connectivity index (χ3n) is 20.8. The minimum atomic E-state index is -3.89. The Kier molecular flexibility index (Phi) is 21.5. The highest BCUT2D eigenvalue weighted by atomic mass is 28.5. The van der Waals surface area contributed by atoms with E-state index in [1.54, 1.807) is 0 Å². The highest BCUT2D eigenvalue weighted by molar-refractivity contribution is 7.18. The highest BCUT2D eigenvalue weighted by Gasteiger charge is 2.70. The topological polar surface area (TPSA) is 73.8 Å². The van der Waals surface area contributed by atoms with E-state index in [-0.39, 0.29) is 0 Å². The molecule has 0 spiro atoms. The molecular weight excluding hydrogens is 1510 g/mol. The second-order valence-corrected chi connectivity index (χ2v) is 53.2. The van der Waals surface area contributed by atoms with Gasteiger partial charge in [0.05, 0.1) is 0 Å². The van der Waals surface area contributed by atoms with Crippen LogP contribution in [0, 0.1) is 0 Å². The van der Waals surface area contributed by atoms with Crippen LogP contribution in [0.2, 0.25) is 0 Å². The summed E-state index contributed by atoms with van der Waals surface area (Å²) >= 11 is 0. The largest absolute Gasteiger partial charge is 0.402 e. The summed E-state index contributed by atoms with van der Waals surface area (Å²) in [5, 5.41) is 15.5. The molecule has 0 saturated carbocycles. The Morgan fingerprint density at radius 3 is 0.188 bits per heavy atom. The molecule has 2 saturated heterocycles. The van der Waals surface area contributed by atoms with E-state index in [9.17, 15) is 0 Å². The molecule has 8 nitrogen and oxygen atoms in total. The van der Waals surface area contributed by atoms with E-state index in [1.165, 1.54) is 0 Å². The lowest BCUT2D eigenvalue weighted by Gasteiger charge is -2.53. The van der Waals surface area contributed by atoms with Crippen LogP contribution in [0.4, 0.5) is 0 Å². The van der Waals surface area contributed by atoms with E-state index in [2.05, 4.69) is 388 Å². The smallest absolute Gasteiger partial charge is 0.390 e. The van der Waals surface area contributed by atoms with Gasteiger partial charge in [0, 0.05) is 0 Å². The maximum atomic E-state index is 8.43. The zero-order chi connectivity index (χ0) is 75.5. The van der Waals surface area contributed by atoms with Crippen LogP contribution >= 0.6 is 0 Å². The molecule has 0 atom stereocenters. The highest BCUT2D eigenvalue weighted by Crippen LogP contribution is 2.36. The molecule has 0 amide bonds. The average Bonchev–Trinajstić information content (AvgIpc) is 0.700. The summed E-state index contributed by atoms with van der Waals surface area (Å²) in [6.45, 7) is 0. The molecule has 0 unspecified atom stereocenters. The molecule has 16 aromatic rings. The number of hydrogen-bond donors (Lipinski definition) is 0. The third kappa shape index (κ3) is 13.9. The summed E-state index contributed by atoms with van der Waals surface area (Å²) in [4.78, 5) is 0. The van der Waals surface area contributed by atoms with Gasteiger partial charge in [0.25, 0.3) is 0 Å². The van der Waals surface area contributed by atoms with Crippen molar-refractivity contribution in [3.8, 4) is 0 Å². The maximum absolute atomic E-state index is 8.43. The Hall–Kier alpha value is -11.1. The van der Waals surface area contributed by atoms with Crippen molar-refractivity contribution in [2.75, 3.05) is 0 Å². The molecule has 0 aliphatic carbocycles. The molecule has 2 fully saturated rings. The van der Waals surface area contributed by atoms with E-state index < -0.39 is 68.5 Å². The minimum absolute atomic E-state index is 0.972. The first kappa shape index (κ1) is 73.7. The first-order valence-corrected chi connectivity index (χ1v) is 52.4. The normalized spacial score (nSPS) is 16.9. The van der Waals surface area contributed by atoms with Crippen LogP contribution in [-0.4, -0.2) is 68.5 Å². The van der Waals surface area contributed by atoms with Crippen molar-refractivity contribution in [1.29, 1.82) is 0 Å². The molecule has 16 aromatic carbocycles. The van der Waals surface area contributed by atoms with Crippen LogP contribution in [0.15, 0.2) is 485 Å². The van der Waals surface area contributed by atoms with E-state index in [4.69, 9.17) is 32.9 Å². The number of rotatable bonds is 16. The first-order chi connectivity index (χ1) is 55.3. The fourth-order valence-corrected chi connectivity index (χ4v) is 60.7. The van der Waals surface area contributed by atoms with Crippen molar-refractivity contribution >= 4 is 151 Å². The Labute approximate surface area is 664 Å². The maximum Gasteiger partial charge on any atom is 0.390 e. The lowest BCUT2D eigenvalue weighted by atomic mass is 10.4. The minimum Gasteiger partial charge on any atom is -0.402 e. The van der Waals surface area contributed by atoms with Crippen LogP contribution < -0.4 is 83.0 Å². The van der Waals surface area contributed by atoms with Crippen LogP contribution in [-0.2, 0) is 32.9 Å². The summed E-state index contributed by atoms with van der Waals surface area (Å²) in [6, 6.07) is 168. The predicted molar refractivity (Wildman–Crippen MR) is 472 cm³/mol. The Balaban J connectivity index is 0.000000163. The van der Waals surface area contributed by atoms with Crippen molar-refractivity contribution < 1.29 is 32.9 Å². The lowest BCUT2D eigenvalue weighted by Crippen LogP contribution is -2.88. The van der Waals surface area contributed by atoms with Gasteiger partial charge in [-0.2, -0.15) is 0 Å². The third-order valence-corrected chi connectivity index (χ3v) is 56.7. The van der Waals surface area contributed by atoms with Gasteiger partial charge < -0.3 is 32.9 Å². The van der Waals surface area contributed by atoms with Gasteiger partial charge in [-0.1, -0.05) is 485 Å². The van der Waals surface area contributed by atoms with Gasteiger partial charge in [-0.15, -0.1) is 0 Å². The van der Waals surface area contributed by atoms with E-state index >= 15 is 0 Å². The molecule has 112 heavy (non-hydrogen) atoms. The van der Waals surface area contributed by atoms with Gasteiger partial charge in [0.15, 0.2) is 0 Å². The molecule has 2 aliphatic rings. The SMILES string of the molecule is c1ccc([Si]2(c3ccccc3)O[Si](c3ccccc3)(c3ccccc3)O[Si](c3ccccc3)(c3ccccc3)O[Si](c3ccccc3)(c3ccccc3)O2)cc1.c1ccc([Si]2(c3ccccc3)O[Si](c3ccccc3)(c3ccccc3)O[Si](c3ccccc3)(c3ccccc3)O[Si](c3ccccc3)(c3ccccc3)O2)cc1. The number of hydrogen-bond acceptors (Lipinski definition) is 8. The molecule has 0 bridgehead atoms. The molecule has 16 heteroatoms. The van der Waals surface area contributed by atoms with Gasteiger partial charge in [0.1, 0.15) is 0 Å². The molecule has 0 aromatic heterocycles. The Morgan fingerprint density at radius 2 is 0.134 bits per heavy atom. The Bertz CT molecular complexity index is 4230. The van der Waals surface area contributed by atoms with Crippen LogP contribution in [0.3, 0.4) is 0 Å². The summed E-state index contributed by atoms with van der Waals surface area (Å²) in [7, 11) is -31.1. The molecule has 2 aliphatic heterocycles. The summed E-state index contributed by atoms with van der Waals surface area (Å²) in [5.74, 6) is 0. The fourth-order valence-electron chi connectivity index (χ4n) is 15.5. The van der Waals surface area contributed by atoms with Crippen LogP contribution in [0.1, 0.15) is 0 Å². The molecular formula is C96H80O8Si8. The van der Waals surface area contributed by atoms with Crippen molar-refractivity contribution in [2.24, 2.45) is 0 Å². The van der Waals surface area contributed by atoms with Gasteiger partial charge >= 0.3 is 68.5 Å². The molecule has 544 valence electrons. The van der Waals surface area contributed by atoms with Gasteiger partial charge in [-0.05, 0) is 83.0 Å². The van der Waals surface area contributed by atoms with E-state index in [0.717, 1.165) is 83.0 Å².